The Morgan fingerprint density at radius 2 is 1.94 bits per heavy atom. The zero-order chi connectivity index (χ0) is 23.0. The van der Waals surface area contributed by atoms with Crippen LogP contribution in [0.1, 0.15) is 42.5 Å². The molecule has 0 amide bonds. The quantitative estimate of drug-likeness (QED) is 0.390. The maximum Gasteiger partial charge on any atom is 0.0445 e. The van der Waals surface area contributed by atoms with Crippen LogP contribution in [0.3, 0.4) is 0 Å². The maximum absolute atomic E-state index is 8.78. The molecule has 5 atom stereocenters. The van der Waals surface area contributed by atoms with Gasteiger partial charge in [0.25, 0.3) is 0 Å². The summed E-state index contributed by atoms with van der Waals surface area (Å²) in [7, 11) is 0. The van der Waals surface area contributed by atoms with Gasteiger partial charge in [0.15, 0.2) is 0 Å². The molecule has 3 aliphatic carbocycles. The highest BCUT2D eigenvalue weighted by Crippen LogP contribution is 2.57. The molecule has 1 aromatic heterocycles. The highest BCUT2D eigenvalue weighted by atomic mass is 14.7. The molecular formula is C31H32N2. The SMILES string of the molecule is C=C/C=C\c1cc(-c2ccc(C3C4CC(C=CC4=N)C/C=C\[C@]34C=C[C@@H]4C)cc2)cnc1C. The minimum atomic E-state index is 0.00268. The van der Waals surface area contributed by atoms with Crippen molar-refractivity contribution in [2.75, 3.05) is 0 Å². The Morgan fingerprint density at radius 1 is 1.12 bits per heavy atom. The van der Waals surface area contributed by atoms with Gasteiger partial charge in [-0.25, -0.2) is 0 Å². The van der Waals surface area contributed by atoms with Crippen molar-refractivity contribution in [3.63, 3.8) is 0 Å². The number of pyridine rings is 1. The molecular weight excluding hydrogens is 400 g/mol. The van der Waals surface area contributed by atoms with Gasteiger partial charge in [0.05, 0.1) is 0 Å². The van der Waals surface area contributed by atoms with E-state index in [-0.39, 0.29) is 17.3 Å². The van der Waals surface area contributed by atoms with Gasteiger partial charge in [0.2, 0.25) is 0 Å². The van der Waals surface area contributed by atoms with Crippen molar-refractivity contribution in [3.05, 3.63) is 109 Å². The van der Waals surface area contributed by atoms with Crippen LogP contribution in [-0.4, -0.2) is 10.7 Å². The lowest BCUT2D eigenvalue weighted by molar-refractivity contribution is 0.212. The van der Waals surface area contributed by atoms with Crippen LogP contribution < -0.4 is 0 Å². The summed E-state index contributed by atoms with van der Waals surface area (Å²) in [5.41, 5.74) is 6.53. The lowest BCUT2D eigenvalue weighted by Crippen LogP contribution is -2.44. The van der Waals surface area contributed by atoms with Crippen LogP contribution in [0.5, 0.6) is 0 Å². The zero-order valence-corrected chi connectivity index (χ0v) is 19.5. The van der Waals surface area contributed by atoms with Crippen molar-refractivity contribution >= 4 is 11.8 Å². The Kier molecular flexibility index (Phi) is 5.62. The van der Waals surface area contributed by atoms with E-state index in [0.717, 1.165) is 35.4 Å². The van der Waals surface area contributed by atoms with Crippen molar-refractivity contribution in [1.29, 1.82) is 5.41 Å². The van der Waals surface area contributed by atoms with Gasteiger partial charge in [-0.3, -0.25) is 4.98 Å². The van der Waals surface area contributed by atoms with E-state index in [4.69, 9.17) is 5.41 Å². The fourth-order valence-electron chi connectivity index (χ4n) is 5.84. The number of rotatable bonds is 4. The smallest absolute Gasteiger partial charge is 0.0445 e. The minimum absolute atomic E-state index is 0.00268. The number of hydrogen-bond donors (Lipinski definition) is 1. The first-order valence-corrected chi connectivity index (χ1v) is 12.0. The molecule has 2 aromatic rings. The summed E-state index contributed by atoms with van der Waals surface area (Å²) in [5.74, 6) is 1.55. The Hall–Kier alpha value is -3.26. The molecule has 5 rings (SSSR count). The van der Waals surface area contributed by atoms with E-state index in [0.29, 0.717) is 11.8 Å². The monoisotopic (exact) mass is 432 g/mol. The topological polar surface area (TPSA) is 36.7 Å². The Balaban J connectivity index is 1.54. The normalized spacial score (nSPS) is 31.3. The van der Waals surface area contributed by atoms with Crippen molar-refractivity contribution < 1.29 is 0 Å². The first-order valence-electron chi connectivity index (χ1n) is 12.0. The van der Waals surface area contributed by atoms with Gasteiger partial charge in [-0.15, -0.1) is 0 Å². The fraction of sp³-hybridized carbons (Fsp3) is 0.290. The third-order valence-electron chi connectivity index (χ3n) is 7.89. The summed E-state index contributed by atoms with van der Waals surface area (Å²) < 4.78 is 0. The van der Waals surface area contributed by atoms with Gasteiger partial charge in [0.1, 0.15) is 0 Å². The number of hydrogen-bond acceptors (Lipinski definition) is 2. The first kappa shape index (κ1) is 21.6. The van der Waals surface area contributed by atoms with Crippen molar-refractivity contribution in [1.82, 2.24) is 4.98 Å². The van der Waals surface area contributed by atoms with E-state index in [2.05, 4.69) is 91.4 Å². The van der Waals surface area contributed by atoms with E-state index >= 15 is 0 Å². The molecule has 1 heterocycles. The van der Waals surface area contributed by atoms with Crippen LogP contribution in [0.25, 0.3) is 17.2 Å². The second-order valence-corrected chi connectivity index (χ2v) is 9.80. The van der Waals surface area contributed by atoms with E-state index in [1.54, 1.807) is 6.08 Å². The van der Waals surface area contributed by atoms with E-state index < -0.39 is 0 Å². The molecule has 0 saturated heterocycles. The molecule has 2 heteroatoms. The third kappa shape index (κ3) is 3.78. The van der Waals surface area contributed by atoms with E-state index in [9.17, 15) is 0 Å². The fourth-order valence-corrected chi connectivity index (χ4v) is 5.84. The zero-order valence-electron chi connectivity index (χ0n) is 19.5. The van der Waals surface area contributed by atoms with Gasteiger partial charge >= 0.3 is 0 Å². The summed E-state index contributed by atoms with van der Waals surface area (Å²) in [5, 5.41) is 8.78. The summed E-state index contributed by atoms with van der Waals surface area (Å²) in [6.07, 6.45) is 23.8. The molecule has 0 aliphatic heterocycles. The Bertz CT molecular complexity index is 1190. The number of nitrogens with zero attached hydrogens (tertiary/aromatic N) is 1. The number of aromatic nitrogens is 1. The summed E-state index contributed by atoms with van der Waals surface area (Å²) in [4.78, 5) is 4.61. The number of fused-ring (bicyclic) bond motifs is 2. The molecule has 2 nitrogen and oxygen atoms in total. The molecule has 0 radical (unpaired) electrons. The van der Waals surface area contributed by atoms with Crippen molar-refractivity contribution in [3.8, 4) is 11.1 Å². The number of allylic oxidation sites excluding steroid dienone is 8. The Labute approximate surface area is 197 Å². The highest BCUT2D eigenvalue weighted by Gasteiger charge is 2.49. The molecule has 1 spiro atoms. The Morgan fingerprint density at radius 3 is 2.64 bits per heavy atom. The first-order chi connectivity index (χ1) is 16.0. The van der Waals surface area contributed by atoms with Crippen LogP contribution in [0, 0.1) is 35.5 Å². The highest BCUT2D eigenvalue weighted by molar-refractivity contribution is 5.96. The van der Waals surface area contributed by atoms with Gasteiger partial charge in [-0.2, -0.15) is 0 Å². The molecule has 0 saturated carbocycles. The standard InChI is InChI=1S/C31H32N2/c1-4-5-8-26-19-27(20-33-22(26)3)24-10-12-25(13-11-24)30-28-18-23(9-14-29(28)32)7-6-16-31(30)17-15-21(31)2/h4-6,8-17,19-21,23,28,30,32H,1,7,18H2,2-3H3/b8-5-,16-6-,32-29?/t21-,23?,28?,30?,31+/m0/s1. The van der Waals surface area contributed by atoms with Crippen LogP contribution in [0.4, 0.5) is 0 Å². The average molecular weight is 433 g/mol. The molecule has 33 heavy (non-hydrogen) atoms. The van der Waals surface area contributed by atoms with E-state index in [1.165, 1.54) is 11.1 Å². The molecule has 1 aromatic carbocycles. The number of aryl methyl sites for hydroxylation is 1. The second-order valence-electron chi connectivity index (χ2n) is 9.80. The van der Waals surface area contributed by atoms with Crippen LogP contribution >= 0.6 is 0 Å². The largest absolute Gasteiger partial charge is 0.305 e. The van der Waals surface area contributed by atoms with Crippen LogP contribution in [0.15, 0.2) is 91.7 Å². The van der Waals surface area contributed by atoms with Gasteiger partial charge in [0, 0.05) is 40.4 Å². The summed E-state index contributed by atoms with van der Waals surface area (Å²) >= 11 is 0. The minimum Gasteiger partial charge on any atom is -0.305 e. The van der Waals surface area contributed by atoms with Gasteiger partial charge in [-0.05, 0) is 60.4 Å². The third-order valence-corrected chi connectivity index (χ3v) is 7.89. The maximum atomic E-state index is 8.78. The lowest BCUT2D eigenvalue weighted by atomic mass is 9.52. The van der Waals surface area contributed by atoms with Crippen molar-refractivity contribution in [2.45, 2.75) is 32.6 Å². The van der Waals surface area contributed by atoms with Crippen LogP contribution in [0.2, 0.25) is 0 Å². The van der Waals surface area contributed by atoms with E-state index in [1.807, 2.05) is 19.2 Å². The molecule has 3 unspecified atom stereocenters. The number of nitrogens with one attached hydrogen (secondary N) is 1. The second kappa shape index (κ2) is 8.59. The summed E-state index contributed by atoms with van der Waals surface area (Å²) in [6, 6.07) is 11.2. The van der Waals surface area contributed by atoms with Gasteiger partial charge < -0.3 is 5.41 Å². The molecule has 2 bridgehead atoms. The molecule has 1 N–H and O–H groups in total. The molecule has 3 aliphatic rings. The predicted octanol–water partition coefficient (Wildman–Crippen LogP) is 7.70. The number of benzene rings is 1. The predicted molar refractivity (Wildman–Crippen MR) is 139 cm³/mol. The molecule has 166 valence electrons. The lowest BCUT2D eigenvalue weighted by Gasteiger charge is -2.51. The van der Waals surface area contributed by atoms with Crippen LogP contribution in [-0.2, 0) is 0 Å². The summed E-state index contributed by atoms with van der Waals surface area (Å²) in [6.45, 7) is 8.13. The average Bonchev–Trinajstić information content (AvgIpc) is 2.82. The molecule has 0 fully saturated rings. The van der Waals surface area contributed by atoms with Crippen molar-refractivity contribution in [2.24, 2.45) is 23.2 Å². The van der Waals surface area contributed by atoms with Gasteiger partial charge in [-0.1, -0.05) is 86.4 Å².